The van der Waals surface area contributed by atoms with Gasteiger partial charge >= 0.3 is 6.18 Å². The molecule has 0 unspecified atom stereocenters. The van der Waals surface area contributed by atoms with Crippen LogP contribution in [0.4, 0.5) is 31.0 Å². The Balaban J connectivity index is 1.82. The van der Waals surface area contributed by atoms with Gasteiger partial charge in [-0.3, -0.25) is 0 Å². The van der Waals surface area contributed by atoms with E-state index in [0.717, 1.165) is 17.7 Å². The molecule has 0 bridgehead atoms. The topological polar surface area (TPSA) is 106 Å². The van der Waals surface area contributed by atoms with Gasteiger partial charge in [-0.25, -0.2) is 9.97 Å². The van der Waals surface area contributed by atoms with Crippen LogP contribution in [0.15, 0.2) is 6.20 Å². The van der Waals surface area contributed by atoms with Gasteiger partial charge in [-0.05, 0) is 0 Å². The summed E-state index contributed by atoms with van der Waals surface area (Å²) in [7, 11) is 0. The molecule has 0 radical (unpaired) electrons. The summed E-state index contributed by atoms with van der Waals surface area (Å²) in [6.45, 7) is 3.50. The number of hydrogen-bond acceptors (Lipinski definition) is 10. The van der Waals surface area contributed by atoms with E-state index in [2.05, 4.69) is 24.9 Å². The number of thioether (sulfide) groups is 1. The van der Waals surface area contributed by atoms with E-state index in [0.29, 0.717) is 51.3 Å². The third-order valence-electron chi connectivity index (χ3n) is 4.52. The smallest absolute Gasteiger partial charge is 0.378 e. The third-order valence-corrected chi connectivity index (χ3v) is 5.46. The summed E-state index contributed by atoms with van der Waals surface area (Å²) >= 11 is 1.81. The Kier molecular flexibility index (Phi) is 5.58. The molecule has 0 spiro atoms. The lowest BCUT2D eigenvalue weighted by molar-refractivity contribution is -0.140. The normalized spacial score (nSPS) is 18.2. The molecule has 156 valence electrons. The molecule has 2 aromatic rings. The van der Waals surface area contributed by atoms with Gasteiger partial charge in [0.25, 0.3) is 0 Å². The van der Waals surface area contributed by atoms with Crippen LogP contribution in [0.1, 0.15) is 5.69 Å². The fourth-order valence-corrected chi connectivity index (χ4v) is 3.96. The molecule has 4 rings (SSSR count). The molecule has 2 fully saturated rings. The lowest BCUT2D eigenvalue weighted by Crippen LogP contribution is -2.39. The van der Waals surface area contributed by atoms with Crippen LogP contribution >= 0.6 is 11.8 Å². The van der Waals surface area contributed by atoms with E-state index in [-0.39, 0.29) is 11.4 Å². The van der Waals surface area contributed by atoms with E-state index in [4.69, 9.17) is 10.5 Å². The minimum absolute atomic E-state index is 0.123. The van der Waals surface area contributed by atoms with Crippen LogP contribution in [0.2, 0.25) is 0 Å². The van der Waals surface area contributed by atoms with Crippen molar-refractivity contribution in [1.82, 2.24) is 24.9 Å². The molecule has 2 N–H and O–H groups in total. The summed E-state index contributed by atoms with van der Waals surface area (Å²) in [5, 5.41) is 0. The number of nitrogens with zero attached hydrogens (tertiary/aromatic N) is 7. The molecule has 0 amide bonds. The average molecular weight is 428 g/mol. The summed E-state index contributed by atoms with van der Waals surface area (Å²) in [6, 6.07) is 0. The third kappa shape index (κ3) is 4.45. The van der Waals surface area contributed by atoms with E-state index in [9.17, 15) is 13.2 Å². The van der Waals surface area contributed by atoms with Crippen molar-refractivity contribution >= 4 is 29.6 Å². The molecule has 2 saturated heterocycles. The van der Waals surface area contributed by atoms with Crippen LogP contribution in [0.3, 0.4) is 0 Å². The fourth-order valence-electron chi connectivity index (χ4n) is 3.06. The Morgan fingerprint density at radius 1 is 0.931 bits per heavy atom. The number of ether oxygens (including phenoxy) is 1. The Morgan fingerprint density at radius 3 is 2.17 bits per heavy atom. The van der Waals surface area contributed by atoms with Gasteiger partial charge < -0.3 is 20.3 Å². The largest absolute Gasteiger partial charge is 0.434 e. The number of morpholine rings is 1. The molecule has 13 heteroatoms. The Labute approximate surface area is 168 Å². The highest BCUT2D eigenvalue weighted by Crippen LogP contribution is 2.35. The van der Waals surface area contributed by atoms with Crippen molar-refractivity contribution < 1.29 is 17.9 Å². The van der Waals surface area contributed by atoms with Crippen LogP contribution in [0.5, 0.6) is 0 Å². The molecular formula is C16H19F3N8OS. The first-order chi connectivity index (χ1) is 13.9. The quantitative estimate of drug-likeness (QED) is 0.769. The van der Waals surface area contributed by atoms with Crippen LogP contribution < -0.4 is 15.5 Å². The maximum atomic E-state index is 13.6. The molecule has 0 atom stereocenters. The van der Waals surface area contributed by atoms with Crippen LogP contribution in [0.25, 0.3) is 11.4 Å². The molecule has 2 aliphatic rings. The highest BCUT2D eigenvalue weighted by molar-refractivity contribution is 7.99. The maximum Gasteiger partial charge on any atom is 0.434 e. The van der Waals surface area contributed by atoms with E-state index >= 15 is 0 Å². The molecule has 0 aromatic carbocycles. The molecule has 0 aliphatic carbocycles. The zero-order valence-electron chi connectivity index (χ0n) is 15.4. The van der Waals surface area contributed by atoms with Crippen molar-refractivity contribution in [2.45, 2.75) is 6.18 Å². The van der Waals surface area contributed by atoms with Gasteiger partial charge in [0.05, 0.1) is 18.8 Å². The number of hydrogen-bond donors (Lipinski definition) is 1. The zero-order chi connectivity index (χ0) is 20.4. The number of nitrogens with two attached hydrogens (primary N) is 1. The first-order valence-corrected chi connectivity index (χ1v) is 10.2. The van der Waals surface area contributed by atoms with Crippen LogP contribution in [-0.2, 0) is 10.9 Å². The predicted molar refractivity (Wildman–Crippen MR) is 103 cm³/mol. The predicted octanol–water partition coefficient (Wildman–Crippen LogP) is 1.32. The first kappa shape index (κ1) is 19.9. The number of alkyl halides is 3. The maximum absolute atomic E-state index is 13.6. The van der Waals surface area contributed by atoms with Gasteiger partial charge in [-0.1, -0.05) is 0 Å². The number of anilines is 3. The van der Waals surface area contributed by atoms with Crippen LogP contribution in [0, 0.1) is 0 Å². The van der Waals surface area contributed by atoms with Crippen molar-refractivity contribution in [2.75, 3.05) is 66.4 Å². The Hall–Kier alpha value is -2.41. The lowest BCUT2D eigenvalue weighted by Gasteiger charge is -2.30. The lowest BCUT2D eigenvalue weighted by atomic mass is 10.2. The Morgan fingerprint density at radius 2 is 1.55 bits per heavy atom. The van der Waals surface area contributed by atoms with E-state index in [1.165, 1.54) is 0 Å². The summed E-state index contributed by atoms with van der Waals surface area (Å²) in [6.07, 6.45) is -3.71. The van der Waals surface area contributed by atoms with E-state index in [1.54, 1.807) is 0 Å². The highest BCUT2D eigenvalue weighted by Gasteiger charge is 2.37. The highest BCUT2D eigenvalue weighted by atomic mass is 32.2. The van der Waals surface area contributed by atoms with Crippen LogP contribution in [-0.4, -0.2) is 75.8 Å². The van der Waals surface area contributed by atoms with Crippen molar-refractivity contribution in [3.8, 4) is 11.4 Å². The molecule has 0 saturated carbocycles. The number of rotatable bonds is 3. The summed E-state index contributed by atoms with van der Waals surface area (Å²) < 4.78 is 46.1. The average Bonchev–Trinajstić information content (AvgIpc) is 2.74. The molecule has 29 heavy (non-hydrogen) atoms. The van der Waals surface area contributed by atoms with Crippen molar-refractivity contribution in [2.24, 2.45) is 0 Å². The van der Waals surface area contributed by atoms with Gasteiger partial charge in [0, 0.05) is 43.9 Å². The second kappa shape index (κ2) is 8.14. The first-order valence-electron chi connectivity index (χ1n) is 9.03. The molecule has 2 aliphatic heterocycles. The second-order valence-electron chi connectivity index (χ2n) is 6.45. The van der Waals surface area contributed by atoms with Gasteiger partial charge in [0.2, 0.25) is 17.8 Å². The van der Waals surface area contributed by atoms with E-state index in [1.807, 2.05) is 21.6 Å². The minimum Gasteiger partial charge on any atom is -0.378 e. The number of halogens is 3. The molecule has 4 heterocycles. The fraction of sp³-hybridized carbons (Fsp3) is 0.562. The zero-order valence-corrected chi connectivity index (χ0v) is 16.2. The minimum atomic E-state index is -4.72. The summed E-state index contributed by atoms with van der Waals surface area (Å²) in [4.78, 5) is 24.2. The Bertz CT molecular complexity index is 835. The van der Waals surface area contributed by atoms with Gasteiger partial charge in [-0.15, -0.1) is 0 Å². The number of aromatic nitrogens is 5. The molecule has 2 aromatic heterocycles. The second-order valence-corrected chi connectivity index (χ2v) is 7.67. The van der Waals surface area contributed by atoms with Crippen molar-refractivity contribution in [3.05, 3.63) is 11.9 Å². The van der Waals surface area contributed by atoms with Gasteiger partial charge in [-0.2, -0.15) is 39.9 Å². The van der Waals surface area contributed by atoms with Gasteiger partial charge in [0.15, 0.2) is 11.5 Å². The summed E-state index contributed by atoms with van der Waals surface area (Å²) in [5.41, 5.74) is 3.90. The van der Waals surface area contributed by atoms with Crippen molar-refractivity contribution in [3.63, 3.8) is 0 Å². The summed E-state index contributed by atoms with van der Waals surface area (Å²) in [5.74, 6) is 1.87. The van der Waals surface area contributed by atoms with E-state index < -0.39 is 17.8 Å². The monoisotopic (exact) mass is 428 g/mol. The standard InChI is InChI=1S/C16H19F3N8OS/c17-16(18,19)11-10(9-21-13(20)22-11)12-23-14(26-1-5-28-6-2-26)25-15(24-12)27-3-7-29-8-4-27/h9H,1-8H2,(H2,20,21,22). The van der Waals surface area contributed by atoms with Crippen molar-refractivity contribution in [1.29, 1.82) is 0 Å². The number of nitrogen functional groups attached to an aromatic ring is 1. The van der Waals surface area contributed by atoms with Gasteiger partial charge in [0.1, 0.15) is 0 Å². The molecule has 9 nitrogen and oxygen atoms in total. The SMILES string of the molecule is Nc1ncc(-c2nc(N3CCOCC3)nc(N3CCSCC3)n2)c(C(F)(F)F)n1. The molecular weight excluding hydrogens is 409 g/mol.